The molecule has 0 saturated heterocycles. The van der Waals surface area contributed by atoms with Gasteiger partial charge in [0.15, 0.2) is 0 Å². The van der Waals surface area contributed by atoms with E-state index < -0.39 is 0 Å². The molecule has 1 aromatic heterocycles. The van der Waals surface area contributed by atoms with Crippen molar-refractivity contribution in [3.8, 4) is 0 Å². The van der Waals surface area contributed by atoms with Gasteiger partial charge in [-0.1, -0.05) is 6.92 Å². The number of nitrogen functional groups attached to an aromatic ring is 1. The minimum Gasteiger partial charge on any atom is -0.383 e. The summed E-state index contributed by atoms with van der Waals surface area (Å²) >= 11 is 0. The lowest BCUT2D eigenvalue weighted by Crippen LogP contribution is -2.32. The van der Waals surface area contributed by atoms with Crippen LogP contribution in [0.15, 0.2) is 6.33 Å². The van der Waals surface area contributed by atoms with E-state index in [1.807, 2.05) is 0 Å². The first-order valence-electron chi connectivity index (χ1n) is 5.12. The van der Waals surface area contributed by atoms with Crippen LogP contribution in [0.25, 0.3) is 0 Å². The van der Waals surface area contributed by atoms with Crippen LogP contribution in [0.5, 0.6) is 0 Å². The Hall–Kier alpha value is -1.16. The highest BCUT2D eigenvalue weighted by molar-refractivity contribution is 5.42. The predicted octanol–water partition coefficient (Wildman–Crippen LogP) is 0.827. The Labute approximate surface area is 84.2 Å². The Kier molecular flexibility index (Phi) is 2.63. The molecule has 0 aromatic carbocycles. The van der Waals surface area contributed by atoms with E-state index in [9.17, 15) is 0 Å². The Morgan fingerprint density at radius 2 is 2.36 bits per heavy atom. The van der Waals surface area contributed by atoms with Gasteiger partial charge in [0.25, 0.3) is 0 Å². The molecule has 0 fully saturated rings. The van der Waals surface area contributed by atoms with Crippen molar-refractivity contribution in [2.45, 2.75) is 26.3 Å². The molecule has 1 aromatic rings. The van der Waals surface area contributed by atoms with Gasteiger partial charge in [-0.25, -0.2) is 9.97 Å². The summed E-state index contributed by atoms with van der Waals surface area (Å²) in [6.45, 7) is 5.35. The van der Waals surface area contributed by atoms with Crippen molar-refractivity contribution in [1.82, 2.24) is 14.9 Å². The van der Waals surface area contributed by atoms with Gasteiger partial charge in [0.05, 0.1) is 5.69 Å². The molecular formula is C10H16N4. The summed E-state index contributed by atoms with van der Waals surface area (Å²) in [5.41, 5.74) is 8.05. The molecule has 14 heavy (non-hydrogen) atoms. The van der Waals surface area contributed by atoms with E-state index in [0.29, 0.717) is 5.82 Å². The van der Waals surface area contributed by atoms with E-state index in [0.717, 1.165) is 37.3 Å². The second-order valence-electron chi connectivity index (χ2n) is 3.71. The van der Waals surface area contributed by atoms with Crippen molar-refractivity contribution in [1.29, 1.82) is 0 Å². The molecule has 0 aliphatic carbocycles. The van der Waals surface area contributed by atoms with E-state index in [1.165, 1.54) is 6.42 Å². The number of nitrogens with zero attached hydrogens (tertiary/aromatic N) is 3. The molecule has 2 rings (SSSR count). The van der Waals surface area contributed by atoms with Gasteiger partial charge in [0, 0.05) is 18.7 Å². The second kappa shape index (κ2) is 3.92. The minimum absolute atomic E-state index is 0.658. The number of rotatable bonds is 2. The van der Waals surface area contributed by atoms with Gasteiger partial charge >= 0.3 is 0 Å². The second-order valence-corrected chi connectivity index (χ2v) is 3.71. The number of nitrogens with two attached hydrogens (primary N) is 1. The average molecular weight is 192 g/mol. The summed E-state index contributed by atoms with van der Waals surface area (Å²) < 4.78 is 0. The smallest absolute Gasteiger partial charge is 0.130 e. The fourth-order valence-corrected chi connectivity index (χ4v) is 1.94. The van der Waals surface area contributed by atoms with Crippen LogP contribution in [-0.2, 0) is 13.0 Å². The molecule has 4 nitrogen and oxygen atoms in total. The molecule has 2 heterocycles. The topological polar surface area (TPSA) is 55.0 Å². The number of aromatic nitrogens is 2. The quantitative estimate of drug-likeness (QED) is 0.754. The first-order valence-corrected chi connectivity index (χ1v) is 5.12. The van der Waals surface area contributed by atoms with Gasteiger partial charge in [-0.2, -0.15) is 0 Å². The van der Waals surface area contributed by atoms with E-state index in [4.69, 9.17) is 5.73 Å². The summed E-state index contributed by atoms with van der Waals surface area (Å²) in [5, 5.41) is 0. The highest BCUT2D eigenvalue weighted by Crippen LogP contribution is 2.20. The fraction of sp³-hybridized carbons (Fsp3) is 0.600. The molecule has 1 aliphatic rings. The van der Waals surface area contributed by atoms with Crippen molar-refractivity contribution in [3.05, 3.63) is 17.6 Å². The highest BCUT2D eigenvalue weighted by atomic mass is 15.1. The standard InChI is InChI=1S/C10H16N4/c1-2-4-14-5-3-8-9(6-14)12-7-13-10(8)11/h7H,2-6H2,1H3,(H2,11,12,13). The third-order valence-electron chi connectivity index (χ3n) is 2.66. The largest absolute Gasteiger partial charge is 0.383 e. The first-order chi connectivity index (χ1) is 6.81. The number of hydrogen-bond acceptors (Lipinski definition) is 4. The van der Waals surface area contributed by atoms with Crippen molar-refractivity contribution in [2.24, 2.45) is 0 Å². The van der Waals surface area contributed by atoms with E-state index in [-0.39, 0.29) is 0 Å². The lowest BCUT2D eigenvalue weighted by Gasteiger charge is -2.27. The van der Waals surface area contributed by atoms with Crippen LogP contribution in [0.4, 0.5) is 5.82 Å². The van der Waals surface area contributed by atoms with Crippen LogP contribution in [0, 0.1) is 0 Å². The maximum atomic E-state index is 5.79. The van der Waals surface area contributed by atoms with Crippen LogP contribution >= 0.6 is 0 Å². The normalized spacial score (nSPS) is 16.6. The van der Waals surface area contributed by atoms with Gasteiger partial charge in [0.1, 0.15) is 12.1 Å². The molecular weight excluding hydrogens is 176 g/mol. The van der Waals surface area contributed by atoms with Crippen molar-refractivity contribution >= 4 is 5.82 Å². The molecule has 0 spiro atoms. The molecule has 2 N–H and O–H groups in total. The van der Waals surface area contributed by atoms with Crippen LogP contribution in [0.3, 0.4) is 0 Å². The minimum atomic E-state index is 0.658. The van der Waals surface area contributed by atoms with Crippen molar-refractivity contribution in [2.75, 3.05) is 18.8 Å². The monoisotopic (exact) mass is 192 g/mol. The lowest BCUT2D eigenvalue weighted by molar-refractivity contribution is 0.250. The Morgan fingerprint density at radius 3 is 3.14 bits per heavy atom. The molecule has 0 unspecified atom stereocenters. The highest BCUT2D eigenvalue weighted by Gasteiger charge is 2.18. The molecule has 0 bridgehead atoms. The van der Waals surface area contributed by atoms with Crippen molar-refractivity contribution < 1.29 is 0 Å². The van der Waals surface area contributed by atoms with E-state index in [1.54, 1.807) is 6.33 Å². The van der Waals surface area contributed by atoms with Gasteiger partial charge in [-0.15, -0.1) is 0 Å². The zero-order valence-electron chi connectivity index (χ0n) is 8.53. The molecule has 0 amide bonds. The molecule has 0 saturated carbocycles. The summed E-state index contributed by atoms with van der Waals surface area (Å²) in [6, 6.07) is 0. The Balaban J connectivity index is 2.18. The molecule has 0 radical (unpaired) electrons. The number of fused-ring (bicyclic) bond motifs is 1. The first kappa shape index (κ1) is 9.40. The number of hydrogen-bond donors (Lipinski definition) is 1. The summed E-state index contributed by atoms with van der Waals surface area (Å²) in [5.74, 6) is 0.658. The molecule has 76 valence electrons. The van der Waals surface area contributed by atoms with E-state index in [2.05, 4.69) is 21.8 Å². The fourth-order valence-electron chi connectivity index (χ4n) is 1.94. The zero-order chi connectivity index (χ0) is 9.97. The molecule has 1 aliphatic heterocycles. The molecule has 4 heteroatoms. The lowest BCUT2D eigenvalue weighted by atomic mass is 10.1. The average Bonchev–Trinajstić information content (AvgIpc) is 2.18. The van der Waals surface area contributed by atoms with Gasteiger partial charge in [-0.05, 0) is 19.4 Å². The van der Waals surface area contributed by atoms with Gasteiger partial charge in [0.2, 0.25) is 0 Å². The van der Waals surface area contributed by atoms with E-state index >= 15 is 0 Å². The number of anilines is 1. The Bertz CT molecular complexity index is 324. The van der Waals surface area contributed by atoms with Crippen LogP contribution < -0.4 is 5.73 Å². The maximum absolute atomic E-state index is 5.79. The summed E-state index contributed by atoms with van der Waals surface area (Å²) in [6.07, 6.45) is 3.74. The Morgan fingerprint density at radius 1 is 1.50 bits per heavy atom. The van der Waals surface area contributed by atoms with Crippen molar-refractivity contribution in [3.63, 3.8) is 0 Å². The third kappa shape index (κ3) is 1.70. The summed E-state index contributed by atoms with van der Waals surface area (Å²) in [7, 11) is 0. The maximum Gasteiger partial charge on any atom is 0.130 e. The summed E-state index contributed by atoms with van der Waals surface area (Å²) in [4.78, 5) is 10.7. The molecule has 0 atom stereocenters. The SMILES string of the molecule is CCCN1CCc2c(N)ncnc2C1. The zero-order valence-corrected chi connectivity index (χ0v) is 8.53. The van der Waals surface area contributed by atoms with Gasteiger partial charge in [-0.3, -0.25) is 4.90 Å². The third-order valence-corrected chi connectivity index (χ3v) is 2.66. The van der Waals surface area contributed by atoms with Crippen LogP contribution in [0.1, 0.15) is 24.6 Å². The van der Waals surface area contributed by atoms with Gasteiger partial charge < -0.3 is 5.73 Å². The van der Waals surface area contributed by atoms with Crippen LogP contribution in [-0.4, -0.2) is 28.0 Å². The predicted molar refractivity (Wildman–Crippen MR) is 55.7 cm³/mol. The van der Waals surface area contributed by atoms with Crippen LogP contribution in [0.2, 0.25) is 0 Å².